The van der Waals surface area contributed by atoms with E-state index in [1.165, 1.54) is 6.92 Å². The second kappa shape index (κ2) is 12.9. The molecule has 188 valence electrons. The van der Waals surface area contributed by atoms with E-state index in [0.717, 1.165) is 14.9 Å². The molecular weight excluding hydrogens is 563 g/mol. The minimum Gasteiger partial charge on any atom is -0.497 e. The summed E-state index contributed by atoms with van der Waals surface area (Å²) in [5.74, 6) is 0.742. The van der Waals surface area contributed by atoms with Crippen LogP contribution in [0.3, 0.4) is 0 Å². The van der Waals surface area contributed by atoms with E-state index in [0.29, 0.717) is 24.3 Å². The average molecular weight is 594 g/mol. The second-order valence-corrected chi connectivity index (χ2v) is 9.42. The number of benzene rings is 2. The lowest BCUT2D eigenvalue weighted by atomic mass is 9.88. The number of carbonyl (C=O) groups excluding carboxylic acids is 2. The van der Waals surface area contributed by atoms with Crippen molar-refractivity contribution in [3.05, 3.63) is 69.3 Å². The van der Waals surface area contributed by atoms with Crippen LogP contribution in [0.25, 0.3) is 0 Å². The Balaban J connectivity index is 1.86. The molecule has 3 atom stereocenters. The average Bonchev–Trinajstić information content (AvgIpc) is 2.85. The van der Waals surface area contributed by atoms with Gasteiger partial charge in [-0.25, -0.2) is 0 Å². The van der Waals surface area contributed by atoms with E-state index in [2.05, 4.69) is 27.9 Å². The third kappa shape index (κ3) is 7.18. The van der Waals surface area contributed by atoms with E-state index < -0.39 is 18.2 Å². The molecule has 1 aliphatic rings. The smallest absolute Gasteiger partial charge is 0.247 e. The zero-order valence-corrected chi connectivity index (χ0v) is 22.0. The van der Waals surface area contributed by atoms with Gasteiger partial charge < -0.3 is 29.9 Å². The highest BCUT2D eigenvalue weighted by Gasteiger charge is 2.39. The zero-order valence-electron chi connectivity index (χ0n) is 19.8. The number of amides is 2. The summed E-state index contributed by atoms with van der Waals surface area (Å²) in [6.07, 6.45) is 0.449. The minimum absolute atomic E-state index is 0.109. The fourth-order valence-corrected chi connectivity index (χ4v) is 4.62. The largest absolute Gasteiger partial charge is 0.497 e. The van der Waals surface area contributed by atoms with Gasteiger partial charge in [-0.05, 0) is 64.9 Å². The predicted molar refractivity (Wildman–Crippen MR) is 140 cm³/mol. The van der Waals surface area contributed by atoms with Gasteiger partial charge in [0.1, 0.15) is 23.7 Å². The molecule has 0 aliphatic heterocycles. The standard InChI is InChI=1S/C26H31IN2O6/c1-17(31)29(12-10-18-6-5-7-20(14-18)34-2)22-15-19(26(33)28-11-13-30)16-24(25(22)32)35-23-9-4-3-8-21(23)27/h3-9,14,16,22,24-25,30,32H,10-13,15H2,1-2H3,(H,28,33). The molecule has 0 bridgehead atoms. The number of halogens is 1. The van der Waals surface area contributed by atoms with Gasteiger partial charge >= 0.3 is 0 Å². The number of ether oxygens (including phenoxy) is 2. The summed E-state index contributed by atoms with van der Waals surface area (Å²) in [4.78, 5) is 27.1. The van der Waals surface area contributed by atoms with Crippen molar-refractivity contribution in [2.45, 2.75) is 38.0 Å². The van der Waals surface area contributed by atoms with Crippen molar-refractivity contribution in [2.24, 2.45) is 0 Å². The maximum Gasteiger partial charge on any atom is 0.247 e. The summed E-state index contributed by atoms with van der Waals surface area (Å²) < 4.78 is 12.3. The molecule has 0 aromatic heterocycles. The Kier molecular flexibility index (Phi) is 9.93. The fourth-order valence-electron chi connectivity index (χ4n) is 4.10. The molecule has 0 radical (unpaired) electrons. The van der Waals surface area contributed by atoms with Crippen LogP contribution in [0, 0.1) is 3.57 Å². The molecule has 3 rings (SSSR count). The highest BCUT2D eigenvalue weighted by molar-refractivity contribution is 14.1. The Morgan fingerprint density at radius 1 is 1.20 bits per heavy atom. The number of para-hydroxylation sites is 1. The third-order valence-electron chi connectivity index (χ3n) is 5.89. The van der Waals surface area contributed by atoms with E-state index in [4.69, 9.17) is 14.6 Å². The maximum atomic E-state index is 12.8. The molecule has 0 saturated carbocycles. The highest BCUT2D eigenvalue weighted by Crippen LogP contribution is 2.30. The van der Waals surface area contributed by atoms with Gasteiger partial charge in [0.25, 0.3) is 0 Å². The van der Waals surface area contributed by atoms with Crippen LogP contribution in [0.15, 0.2) is 60.2 Å². The first-order valence-corrected chi connectivity index (χ1v) is 12.5. The van der Waals surface area contributed by atoms with E-state index in [1.807, 2.05) is 42.5 Å². The predicted octanol–water partition coefficient (Wildman–Crippen LogP) is 2.31. The van der Waals surface area contributed by atoms with Crippen molar-refractivity contribution in [3.8, 4) is 11.5 Å². The number of rotatable bonds is 10. The monoisotopic (exact) mass is 594 g/mol. The third-order valence-corrected chi connectivity index (χ3v) is 6.79. The van der Waals surface area contributed by atoms with Crippen molar-refractivity contribution < 1.29 is 29.3 Å². The molecule has 2 aromatic rings. The zero-order chi connectivity index (χ0) is 25.4. The summed E-state index contributed by atoms with van der Waals surface area (Å²) in [6, 6.07) is 14.3. The van der Waals surface area contributed by atoms with Gasteiger partial charge in [-0.1, -0.05) is 24.3 Å². The molecule has 8 nitrogen and oxygen atoms in total. The van der Waals surface area contributed by atoms with Gasteiger partial charge in [0.05, 0.1) is 23.3 Å². The molecule has 0 heterocycles. The number of aliphatic hydroxyl groups excluding tert-OH is 2. The van der Waals surface area contributed by atoms with E-state index >= 15 is 0 Å². The second-order valence-electron chi connectivity index (χ2n) is 8.26. The van der Waals surface area contributed by atoms with Crippen LogP contribution < -0.4 is 14.8 Å². The summed E-state index contributed by atoms with van der Waals surface area (Å²) in [6.45, 7) is 1.73. The van der Waals surface area contributed by atoms with Gasteiger partial charge in [0, 0.05) is 32.0 Å². The van der Waals surface area contributed by atoms with Crippen molar-refractivity contribution in [1.82, 2.24) is 10.2 Å². The van der Waals surface area contributed by atoms with Crippen molar-refractivity contribution >= 4 is 34.4 Å². The number of methoxy groups -OCH3 is 1. The highest BCUT2D eigenvalue weighted by atomic mass is 127. The number of carbonyl (C=O) groups is 2. The Labute approximate surface area is 219 Å². The summed E-state index contributed by atoms with van der Waals surface area (Å²) in [5.41, 5.74) is 1.39. The van der Waals surface area contributed by atoms with Crippen LogP contribution in [-0.4, -0.2) is 72.0 Å². The van der Waals surface area contributed by atoms with Crippen LogP contribution in [0.4, 0.5) is 0 Å². The lowest BCUT2D eigenvalue weighted by Gasteiger charge is -2.40. The normalized spacial score (nSPS) is 19.5. The number of nitrogens with one attached hydrogen (secondary N) is 1. The molecule has 0 saturated heterocycles. The van der Waals surface area contributed by atoms with Gasteiger partial charge in [-0.3, -0.25) is 9.59 Å². The van der Waals surface area contributed by atoms with Crippen molar-refractivity contribution in [3.63, 3.8) is 0 Å². The fraction of sp³-hybridized carbons (Fsp3) is 0.385. The molecule has 3 N–H and O–H groups in total. The molecule has 0 fully saturated rings. The van der Waals surface area contributed by atoms with Gasteiger partial charge in [0.15, 0.2) is 0 Å². The molecule has 2 aromatic carbocycles. The van der Waals surface area contributed by atoms with E-state index in [-0.39, 0.29) is 31.4 Å². The lowest BCUT2D eigenvalue weighted by Crippen LogP contribution is -2.55. The van der Waals surface area contributed by atoms with Crippen molar-refractivity contribution in [2.75, 3.05) is 26.8 Å². The maximum absolute atomic E-state index is 12.8. The number of nitrogens with zero attached hydrogens (tertiary/aromatic N) is 1. The first-order chi connectivity index (χ1) is 16.8. The Hall–Kier alpha value is -2.63. The van der Waals surface area contributed by atoms with Gasteiger partial charge in [-0.15, -0.1) is 0 Å². The van der Waals surface area contributed by atoms with Crippen LogP contribution in [0.2, 0.25) is 0 Å². The molecule has 0 spiro atoms. The molecule has 3 unspecified atom stereocenters. The van der Waals surface area contributed by atoms with E-state index in [9.17, 15) is 14.7 Å². The van der Waals surface area contributed by atoms with Crippen LogP contribution in [0.1, 0.15) is 18.9 Å². The summed E-state index contributed by atoms with van der Waals surface area (Å²) >= 11 is 2.15. The molecule has 9 heteroatoms. The Morgan fingerprint density at radius 2 is 1.97 bits per heavy atom. The molecule has 2 amide bonds. The van der Waals surface area contributed by atoms with Crippen LogP contribution in [0.5, 0.6) is 11.5 Å². The molecule has 35 heavy (non-hydrogen) atoms. The summed E-state index contributed by atoms with van der Waals surface area (Å²) in [7, 11) is 1.60. The first kappa shape index (κ1) is 27.0. The van der Waals surface area contributed by atoms with Gasteiger partial charge in [0.2, 0.25) is 11.8 Å². The Morgan fingerprint density at radius 3 is 2.66 bits per heavy atom. The minimum atomic E-state index is -1.05. The number of aliphatic hydroxyl groups is 2. The van der Waals surface area contributed by atoms with Crippen molar-refractivity contribution in [1.29, 1.82) is 0 Å². The quantitative estimate of drug-likeness (QED) is 0.365. The van der Waals surface area contributed by atoms with Crippen LogP contribution >= 0.6 is 22.6 Å². The van der Waals surface area contributed by atoms with Crippen LogP contribution in [-0.2, 0) is 16.0 Å². The topological polar surface area (TPSA) is 108 Å². The first-order valence-electron chi connectivity index (χ1n) is 11.4. The SMILES string of the molecule is COc1cccc(CCN(C(C)=O)C2CC(C(=O)NCCO)=CC(Oc3ccccc3I)C2O)c1. The number of hydrogen-bond donors (Lipinski definition) is 3. The molecular formula is C26H31IN2O6. The molecule has 1 aliphatic carbocycles. The van der Waals surface area contributed by atoms with Gasteiger partial charge in [-0.2, -0.15) is 0 Å². The lowest BCUT2D eigenvalue weighted by molar-refractivity contribution is -0.136. The summed E-state index contributed by atoms with van der Waals surface area (Å²) in [5, 5.41) is 23.1. The Bertz CT molecular complexity index is 1060. The number of hydrogen-bond acceptors (Lipinski definition) is 6. The van der Waals surface area contributed by atoms with E-state index in [1.54, 1.807) is 24.2 Å².